The molecular formula is C27H28ClF3N2O7. The van der Waals surface area contributed by atoms with Crippen molar-refractivity contribution in [3.63, 3.8) is 0 Å². The van der Waals surface area contributed by atoms with Crippen LogP contribution < -0.4 is 20.3 Å². The van der Waals surface area contributed by atoms with Crippen molar-refractivity contribution in [2.24, 2.45) is 0 Å². The third-order valence-electron chi connectivity index (χ3n) is 6.15. The molecule has 2 aromatic rings. The van der Waals surface area contributed by atoms with Crippen LogP contribution in [0, 0.1) is 0 Å². The zero-order valence-electron chi connectivity index (χ0n) is 21.9. The Hall–Kier alpha value is -3.77. The minimum absolute atomic E-state index is 0.0757. The van der Waals surface area contributed by atoms with Crippen molar-refractivity contribution >= 4 is 23.5 Å². The van der Waals surface area contributed by atoms with Gasteiger partial charge in [0, 0.05) is 42.4 Å². The zero-order valence-corrected chi connectivity index (χ0v) is 22.6. The average molecular weight is 585 g/mol. The highest BCUT2D eigenvalue weighted by atomic mass is 35.5. The summed E-state index contributed by atoms with van der Waals surface area (Å²) in [5, 5.41) is 12.2. The van der Waals surface area contributed by atoms with Crippen molar-refractivity contribution in [2.45, 2.75) is 37.5 Å². The molecule has 0 bridgehead atoms. The van der Waals surface area contributed by atoms with Gasteiger partial charge < -0.3 is 24.6 Å². The Bertz CT molecular complexity index is 1390. The fourth-order valence-electron chi connectivity index (χ4n) is 4.12. The number of amides is 1. The lowest BCUT2D eigenvalue weighted by atomic mass is 9.90. The van der Waals surface area contributed by atoms with E-state index in [4.69, 9.17) is 25.8 Å². The lowest BCUT2D eigenvalue weighted by Crippen LogP contribution is -2.49. The van der Waals surface area contributed by atoms with Crippen molar-refractivity contribution in [2.75, 3.05) is 27.4 Å². The van der Waals surface area contributed by atoms with Crippen LogP contribution in [-0.2, 0) is 14.3 Å². The maximum atomic E-state index is 13.4. The number of nitrogens with one attached hydrogen (secondary N) is 1. The van der Waals surface area contributed by atoms with Crippen LogP contribution in [0.4, 0.5) is 13.2 Å². The van der Waals surface area contributed by atoms with Crippen molar-refractivity contribution < 1.29 is 42.1 Å². The molecule has 0 spiro atoms. The van der Waals surface area contributed by atoms with Crippen molar-refractivity contribution in [1.29, 1.82) is 0 Å². The van der Waals surface area contributed by atoms with Crippen molar-refractivity contribution in [3.8, 4) is 22.6 Å². The zero-order chi connectivity index (χ0) is 29.7. The molecule has 2 unspecified atom stereocenters. The number of pyridine rings is 1. The Labute approximate surface area is 232 Å². The van der Waals surface area contributed by atoms with Crippen LogP contribution in [0.15, 0.2) is 59.1 Å². The number of carbonyl (C=O) groups excluding carboxylic acids is 1. The summed E-state index contributed by atoms with van der Waals surface area (Å²) in [6.45, 7) is 0.266. The number of hydrogen-bond acceptors (Lipinski definition) is 6. The number of carboxylic acid groups (broad SMARTS) is 1. The Balaban J connectivity index is 2.00. The van der Waals surface area contributed by atoms with E-state index in [-0.39, 0.29) is 52.7 Å². The van der Waals surface area contributed by atoms with E-state index in [1.807, 2.05) is 0 Å². The number of ether oxygens (including phenoxy) is 3. The number of nitrogens with zero attached hydrogens (tertiary/aromatic N) is 1. The van der Waals surface area contributed by atoms with Crippen LogP contribution in [-0.4, -0.2) is 60.7 Å². The molecule has 3 rings (SSSR count). The summed E-state index contributed by atoms with van der Waals surface area (Å²) in [6.07, 6.45) is 1.44. The summed E-state index contributed by atoms with van der Waals surface area (Å²) in [7, 11) is 2.74. The number of aromatic nitrogens is 1. The van der Waals surface area contributed by atoms with Gasteiger partial charge in [0.15, 0.2) is 6.61 Å². The number of alkyl halides is 3. The quantitative estimate of drug-likeness (QED) is 0.398. The summed E-state index contributed by atoms with van der Waals surface area (Å²) < 4.78 is 55.2. The van der Waals surface area contributed by atoms with E-state index in [9.17, 15) is 32.7 Å². The highest BCUT2D eigenvalue weighted by molar-refractivity contribution is 6.31. The van der Waals surface area contributed by atoms with Crippen LogP contribution in [0.1, 0.15) is 25.8 Å². The van der Waals surface area contributed by atoms with Gasteiger partial charge in [-0.2, -0.15) is 13.2 Å². The maximum Gasteiger partial charge on any atom is 0.422 e. The van der Waals surface area contributed by atoms with Gasteiger partial charge in [-0.1, -0.05) is 23.8 Å². The SMILES string of the molecule is COCCC(C(=O)NC1(C)C=CC(C(=O)O)=CC1)n1cc(OC)c(-c2cc(Cl)ccc2OCC(F)(F)F)cc1=O. The van der Waals surface area contributed by atoms with Gasteiger partial charge in [0.05, 0.1) is 24.4 Å². The predicted octanol–water partition coefficient (Wildman–Crippen LogP) is 4.54. The molecule has 1 aromatic heterocycles. The molecule has 1 heterocycles. The third-order valence-corrected chi connectivity index (χ3v) is 6.39. The molecule has 2 N–H and O–H groups in total. The molecule has 0 saturated carbocycles. The summed E-state index contributed by atoms with van der Waals surface area (Å²) in [5.41, 5.74) is -1.26. The number of carbonyl (C=O) groups is 2. The molecule has 40 heavy (non-hydrogen) atoms. The summed E-state index contributed by atoms with van der Waals surface area (Å²) in [5.74, 6) is -1.72. The number of hydrogen-bond donors (Lipinski definition) is 2. The van der Waals surface area contributed by atoms with Gasteiger partial charge in [-0.15, -0.1) is 0 Å². The molecule has 0 fully saturated rings. The van der Waals surface area contributed by atoms with Crippen LogP contribution >= 0.6 is 11.6 Å². The number of rotatable bonds is 11. The van der Waals surface area contributed by atoms with E-state index in [1.54, 1.807) is 13.0 Å². The minimum Gasteiger partial charge on any atom is -0.495 e. The number of carboxylic acids is 1. The normalized spacial score (nSPS) is 17.6. The number of halogens is 4. The number of methoxy groups -OCH3 is 2. The average Bonchev–Trinajstić information content (AvgIpc) is 2.88. The van der Waals surface area contributed by atoms with Gasteiger partial charge >= 0.3 is 12.1 Å². The molecular weight excluding hydrogens is 557 g/mol. The second kappa shape index (κ2) is 12.6. The monoisotopic (exact) mass is 584 g/mol. The van der Waals surface area contributed by atoms with E-state index >= 15 is 0 Å². The Morgan fingerprint density at radius 2 is 1.90 bits per heavy atom. The first-order valence-electron chi connectivity index (χ1n) is 12.0. The molecule has 0 radical (unpaired) electrons. The third kappa shape index (κ3) is 7.66. The molecule has 1 aliphatic carbocycles. The first-order valence-corrected chi connectivity index (χ1v) is 12.4. The highest BCUT2D eigenvalue weighted by Crippen LogP contribution is 2.38. The molecule has 1 aromatic carbocycles. The summed E-state index contributed by atoms with van der Waals surface area (Å²) >= 11 is 6.09. The topological polar surface area (TPSA) is 116 Å². The lowest BCUT2D eigenvalue weighted by molar-refractivity contribution is -0.153. The van der Waals surface area contributed by atoms with E-state index < -0.39 is 41.8 Å². The van der Waals surface area contributed by atoms with E-state index in [1.165, 1.54) is 50.8 Å². The van der Waals surface area contributed by atoms with Gasteiger partial charge in [-0.25, -0.2) is 4.79 Å². The Morgan fingerprint density at radius 1 is 1.20 bits per heavy atom. The first-order chi connectivity index (χ1) is 18.8. The highest BCUT2D eigenvalue weighted by Gasteiger charge is 2.32. The number of benzene rings is 1. The number of aliphatic carboxylic acids is 1. The molecule has 9 nitrogen and oxygen atoms in total. The fraction of sp³-hybridized carbons (Fsp3) is 0.370. The first kappa shape index (κ1) is 30.8. The molecule has 0 aliphatic heterocycles. The van der Waals surface area contributed by atoms with E-state index in [2.05, 4.69) is 5.32 Å². The smallest absolute Gasteiger partial charge is 0.422 e. The molecule has 2 atom stereocenters. The largest absolute Gasteiger partial charge is 0.495 e. The van der Waals surface area contributed by atoms with Gasteiger partial charge in [0.2, 0.25) is 5.91 Å². The van der Waals surface area contributed by atoms with E-state index in [0.29, 0.717) is 0 Å². The van der Waals surface area contributed by atoms with Crippen LogP contribution in [0.3, 0.4) is 0 Å². The van der Waals surface area contributed by atoms with Gasteiger partial charge in [0.25, 0.3) is 5.56 Å². The minimum atomic E-state index is -4.60. The van der Waals surface area contributed by atoms with Crippen LogP contribution in [0.25, 0.3) is 11.1 Å². The second-order valence-electron chi connectivity index (χ2n) is 9.25. The van der Waals surface area contributed by atoms with Gasteiger partial charge in [-0.3, -0.25) is 14.2 Å². The standard InChI is InChI=1S/C27H28ClF3N2O7/c1-26(9-6-16(7-10-26)25(36)37)32-24(35)20(8-11-38-2)33-14-22(39-3)19(13-23(33)34)18-12-17(28)4-5-21(18)40-15-27(29,30)31/h4-7,9,12-14,20H,8,10-11,15H2,1-3H3,(H,32,35)(H,36,37). The molecule has 13 heteroatoms. The molecule has 1 aliphatic rings. The molecule has 216 valence electrons. The van der Waals surface area contributed by atoms with E-state index in [0.717, 1.165) is 10.6 Å². The summed E-state index contributed by atoms with van der Waals surface area (Å²) in [4.78, 5) is 38.0. The molecule has 1 amide bonds. The van der Waals surface area contributed by atoms with Gasteiger partial charge in [-0.05, 0) is 37.6 Å². The maximum absolute atomic E-state index is 13.4. The lowest BCUT2D eigenvalue weighted by Gasteiger charge is -2.31. The predicted molar refractivity (Wildman–Crippen MR) is 141 cm³/mol. The second-order valence-corrected chi connectivity index (χ2v) is 9.69. The fourth-order valence-corrected chi connectivity index (χ4v) is 4.29. The Kier molecular flexibility index (Phi) is 9.69. The molecule has 0 saturated heterocycles. The summed E-state index contributed by atoms with van der Waals surface area (Å²) in [6, 6.07) is 4.02. The van der Waals surface area contributed by atoms with Crippen LogP contribution in [0.2, 0.25) is 5.02 Å². The van der Waals surface area contributed by atoms with Crippen molar-refractivity contribution in [1.82, 2.24) is 9.88 Å². The van der Waals surface area contributed by atoms with Gasteiger partial charge in [0.1, 0.15) is 17.5 Å². The van der Waals surface area contributed by atoms with Crippen molar-refractivity contribution in [3.05, 3.63) is 69.6 Å². The Morgan fingerprint density at radius 3 is 2.48 bits per heavy atom. The van der Waals surface area contributed by atoms with Crippen LogP contribution in [0.5, 0.6) is 11.5 Å².